The van der Waals surface area contributed by atoms with Gasteiger partial charge in [-0.2, -0.15) is 0 Å². The van der Waals surface area contributed by atoms with Crippen LogP contribution in [0.5, 0.6) is 0 Å². The van der Waals surface area contributed by atoms with Crippen LogP contribution in [0.4, 0.5) is 0 Å². The molecule has 2 aromatic rings. The Bertz CT molecular complexity index is 674. The Kier molecular flexibility index (Phi) is 2.79. The SMILES string of the molecule is CC(=O)OC1(c2ccccc2)OC(=O)c2ccccc21. The first-order valence-corrected chi connectivity index (χ1v) is 6.21. The number of cyclic esters (lactones) is 1. The number of hydrogen-bond donors (Lipinski definition) is 0. The van der Waals surface area contributed by atoms with Crippen LogP contribution in [0.15, 0.2) is 54.6 Å². The van der Waals surface area contributed by atoms with Gasteiger partial charge in [0, 0.05) is 12.5 Å². The Morgan fingerprint density at radius 1 is 1.05 bits per heavy atom. The third kappa shape index (κ3) is 1.77. The van der Waals surface area contributed by atoms with Crippen molar-refractivity contribution < 1.29 is 19.1 Å². The summed E-state index contributed by atoms with van der Waals surface area (Å²) in [7, 11) is 0. The molecule has 1 heterocycles. The monoisotopic (exact) mass is 268 g/mol. The minimum atomic E-state index is -1.49. The summed E-state index contributed by atoms with van der Waals surface area (Å²) in [5.41, 5.74) is 1.57. The van der Waals surface area contributed by atoms with Crippen molar-refractivity contribution in [3.05, 3.63) is 71.3 Å². The molecule has 0 saturated heterocycles. The number of fused-ring (bicyclic) bond motifs is 1. The van der Waals surface area contributed by atoms with Gasteiger partial charge in [-0.15, -0.1) is 0 Å². The minimum Gasteiger partial charge on any atom is -0.414 e. The van der Waals surface area contributed by atoms with Crippen molar-refractivity contribution in [2.24, 2.45) is 0 Å². The Balaban J connectivity index is 2.24. The molecule has 1 aliphatic rings. The molecule has 0 amide bonds. The Labute approximate surface area is 115 Å². The highest BCUT2D eigenvalue weighted by Gasteiger charge is 2.50. The first kappa shape index (κ1) is 12.4. The molecule has 0 aromatic heterocycles. The van der Waals surface area contributed by atoms with E-state index in [2.05, 4.69) is 0 Å². The maximum Gasteiger partial charge on any atom is 0.342 e. The van der Waals surface area contributed by atoms with E-state index in [1.165, 1.54) is 6.92 Å². The van der Waals surface area contributed by atoms with Crippen molar-refractivity contribution >= 4 is 11.9 Å². The smallest absolute Gasteiger partial charge is 0.342 e. The molecule has 0 spiro atoms. The molecule has 4 heteroatoms. The highest BCUT2D eigenvalue weighted by Crippen LogP contribution is 2.42. The predicted molar refractivity (Wildman–Crippen MR) is 70.8 cm³/mol. The van der Waals surface area contributed by atoms with Crippen LogP contribution < -0.4 is 0 Å². The van der Waals surface area contributed by atoms with E-state index in [0.717, 1.165) is 0 Å². The van der Waals surface area contributed by atoms with Gasteiger partial charge < -0.3 is 9.47 Å². The molecule has 0 radical (unpaired) electrons. The highest BCUT2D eigenvalue weighted by molar-refractivity contribution is 5.95. The molecule has 0 aliphatic carbocycles. The second kappa shape index (κ2) is 4.49. The average Bonchev–Trinajstić information content (AvgIpc) is 2.74. The third-order valence-corrected chi connectivity index (χ3v) is 3.18. The van der Waals surface area contributed by atoms with Gasteiger partial charge in [0.2, 0.25) is 0 Å². The third-order valence-electron chi connectivity index (χ3n) is 3.18. The molecule has 2 aromatic carbocycles. The van der Waals surface area contributed by atoms with Crippen LogP contribution >= 0.6 is 0 Å². The summed E-state index contributed by atoms with van der Waals surface area (Å²) >= 11 is 0. The van der Waals surface area contributed by atoms with Gasteiger partial charge in [-0.1, -0.05) is 42.5 Å². The topological polar surface area (TPSA) is 52.6 Å². The van der Waals surface area contributed by atoms with Crippen LogP contribution in [-0.4, -0.2) is 11.9 Å². The second-order valence-corrected chi connectivity index (χ2v) is 4.51. The van der Waals surface area contributed by atoms with Gasteiger partial charge in [-0.05, 0) is 12.1 Å². The molecule has 0 saturated carbocycles. The van der Waals surface area contributed by atoms with Gasteiger partial charge in [0.15, 0.2) is 0 Å². The summed E-state index contributed by atoms with van der Waals surface area (Å²) in [6.45, 7) is 1.29. The number of rotatable bonds is 2. The number of ether oxygens (including phenoxy) is 2. The van der Waals surface area contributed by atoms with Crippen molar-refractivity contribution in [2.45, 2.75) is 12.7 Å². The molecule has 3 rings (SSSR count). The fourth-order valence-corrected chi connectivity index (χ4v) is 2.40. The summed E-state index contributed by atoms with van der Waals surface area (Å²) < 4.78 is 10.8. The molecule has 1 unspecified atom stereocenters. The van der Waals surface area contributed by atoms with E-state index in [9.17, 15) is 9.59 Å². The normalized spacial score (nSPS) is 20.1. The molecule has 1 aliphatic heterocycles. The quantitative estimate of drug-likeness (QED) is 0.786. The molecule has 0 N–H and O–H groups in total. The maximum atomic E-state index is 12.0. The zero-order valence-electron chi connectivity index (χ0n) is 10.8. The molecule has 1 atom stereocenters. The molecule has 0 fully saturated rings. The lowest BCUT2D eigenvalue weighted by Gasteiger charge is -2.28. The summed E-state index contributed by atoms with van der Waals surface area (Å²) in [4.78, 5) is 23.5. The minimum absolute atomic E-state index is 0.414. The van der Waals surface area contributed by atoms with E-state index in [1.54, 1.807) is 48.5 Å². The summed E-state index contributed by atoms with van der Waals surface area (Å²) in [6, 6.07) is 15.9. The van der Waals surface area contributed by atoms with Gasteiger partial charge >= 0.3 is 17.7 Å². The number of benzene rings is 2. The van der Waals surface area contributed by atoms with Crippen LogP contribution in [0, 0.1) is 0 Å². The van der Waals surface area contributed by atoms with Crippen molar-refractivity contribution in [2.75, 3.05) is 0 Å². The van der Waals surface area contributed by atoms with Crippen LogP contribution in [0.3, 0.4) is 0 Å². The molecule has 100 valence electrons. The zero-order valence-corrected chi connectivity index (χ0v) is 10.8. The summed E-state index contributed by atoms with van der Waals surface area (Å²) in [5.74, 6) is -2.50. The second-order valence-electron chi connectivity index (χ2n) is 4.51. The maximum absolute atomic E-state index is 12.0. The first-order valence-electron chi connectivity index (χ1n) is 6.21. The standard InChI is InChI=1S/C16H12O4/c1-11(17)19-16(12-7-3-2-4-8-12)14-10-6-5-9-13(14)15(18)20-16/h2-10H,1H3. The van der Waals surface area contributed by atoms with Gasteiger partial charge in [0.1, 0.15) is 0 Å². The van der Waals surface area contributed by atoms with E-state index in [0.29, 0.717) is 16.7 Å². The fourth-order valence-electron chi connectivity index (χ4n) is 2.40. The lowest BCUT2D eigenvalue weighted by molar-refractivity contribution is -0.191. The predicted octanol–water partition coefficient (Wildman–Crippen LogP) is 2.62. The van der Waals surface area contributed by atoms with Crippen LogP contribution in [0.25, 0.3) is 0 Å². The molecule has 4 nitrogen and oxygen atoms in total. The van der Waals surface area contributed by atoms with Gasteiger partial charge in [-0.25, -0.2) is 4.79 Å². The fraction of sp³-hybridized carbons (Fsp3) is 0.125. The lowest BCUT2D eigenvalue weighted by Crippen LogP contribution is -2.33. The van der Waals surface area contributed by atoms with E-state index in [4.69, 9.17) is 9.47 Å². The van der Waals surface area contributed by atoms with Crippen molar-refractivity contribution in [3.8, 4) is 0 Å². The average molecular weight is 268 g/mol. The van der Waals surface area contributed by atoms with Crippen LogP contribution in [0.2, 0.25) is 0 Å². The van der Waals surface area contributed by atoms with Gasteiger partial charge in [-0.3, -0.25) is 4.79 Å². The van der Waals surface area contributed by atoms with Crippen LogP contribution in [-0.2, 0) is 20.1 Å². The summed E-state index contributed by atoms with van der Waals surface area (Å²) in [6.07, 6.45) is 0. The van der Waals surface area contributed by atoms with Crippen LogP contribution in [0.1, 0.15) is 28.4 Å². The van der Waals surface area contributed by atoms with Crippen molar-refractivity contribution in [1.82, 2.24) is 0 Å². The molecular weight excluding hydrogens is 256 g/mol. The van der Waals surface area contributed by atoms with E-state index in [1.807, 2.05) is 6.07 Å². The zero-order chi connectivity index (χ0) is 14.2. The summed E-state index contributed by atoms with van der Waals surface area (Å²) in [5, 5.41) is 0. The number of carbonyl (C=O) groups excluding carboxylic acids is 2. The van der Waals surface area contributed by atoms with E-state index < -0.39 is 17.7 Å². The highest BCUT2D eigenvalue weighted by atomic mass is 16.7. The molecular formula is C16H12O4. The lowest BCUT2D eigenvalue weighted by atomic mass is 9.95. The van der Waals surface area contributed by atoms with E-state index >= 15 is 0 Å². The number of esters is 2. The number of hydrogen-bond acceptors (Lipinski definition) is 4. The van der Waals surface area contributed by atoms with Gasteiger partial charge in [0.05, 0.1) is 11.1 Å². The van der Waals surface area contributed by atoms with Crippen molar-refractivity contribution in [3.63, 3.8) is 0 Å². The Morgan fingerprint density at radius 3 is 2.40 bits per heavy atom. The largest absolute Gasteiger partial charge is 0.414 e. The Hall–Kier alpha value is -2.62. The first-order chi connectivity index (χ1) is 9.63. The number of carbonyl (C=O) groups is 2. The van der Waals surface area contributed by atoms with E-state index in [-0.39, 0.29) is 0 Å². The van der Waals surface area contributed by atoms with Gasteiger partial charge in [0.25, 0.3) is 0 Å². The molecule has 20 heavy (non-hydrogen) atoms. The molecule has 0 bridgehead atoms. The Morgan fingerprint density at radius 2 is 1.70 bits per heavy atom. The van der Waals surface area contributed by atoms with Crippen molar-refractivity contribution in [1.29, 1.82) is 0 Å².